The van der Waals surface area contributed by atoms with E-state index in [1.165, 1.54) is 42.9 Å². The maximum atomic E-state index is 4.67. The minimum Gasteiger partial charge on any atom is -0.314 e. The van der Waals surface area contributed by atoms with Crippen LogP contribution in [-0.4, -0.2) is 17.6 Å². The standard InChI is InChI=1S/C12H20N2S/c1-2-5-12-14-11(9-15-12)8-10-6-3-4-7-13-10/h9-10,13H,2-8H2,1H3. The summed E-state index contributed by atoms with van der Waals surface area (Å²) in [5, 5.41) is 7.12. The minimum absolute atomic E-state index is 0.676. The van der Waals surface area contributed by atoms with E-state index in [0.29, 0.717) is 6.04 Å². The van der Waals surface area contributed by atoms with E-state index in [4.69, 9.17) is 0 Å². The molecule has 2 nitrogen and oxygen atoms in total. The molecule has 0 aromatic carbocycles. The van der Waals surface area contributed by atoms with E-state index in [1.807, 2.05) is 11.3 Å². The summed E-state index contributed by atoms with van der Waals surface area (Å²) in [4.78, 5) is 4.67. The summed E-state index contributed by atoms with van der Waals surface area (Å²) in [6, 6.07) is 0.676. The van der Waals surface area contributed by atoms with E-state index in [9.17, 15) is 0 Å². The Balaban J connectivity index is 1.86. The summed E-state index contributed by atoms with van der Waals surface area (Å²) >= 11 is 1.82. The van der Waals surface area contributed by atoms with Gasteiger partial charge in [0.2, 0.25) is 0 Å². The first-order valence-electron chi connectivity index (χ1n) is 6.05. The number of aromatic nitrogens is 1. The lowest BCUT2D eigenvalue weighted by Crippen LogP contribution is -2.35. The van der Waals surface area contributed by atoms with Crippen molar-refractivity contribution in [2.24, 2.45) is 0 Å². The maximum Gasteiger partial charge on any atom is 0.0928 e. The normalized spacial score (nSPS) is 21.8. The molecular formula is C12H20N2S. The van der Waals surface area contributed by atoms with Crippen LogP contribution in [0.15, 0.2) is 5.38 Å². The molecule has 1 unspecified atom stereocenters. The molecule has 2 heterocycles. The second-order valence-electron chi connectivity index (χ2n) is 4.33. The minimum atomic E-state index is 0.676. The summed E-state index contributed by atoms with van der Waals surface area (Å²) in [5.74, 6) is 0. The highest BCUT2D eigenvalue weighted by molar-refractivity contribution is 7.09. The second-order valence-corrected chi connectivity index (χ2v) is 5.28. The van der Waals surface area contributed by atoms with Crippen LogP contribution in [0.25, 0.3) is 0 Å². The lowest BCUT2D eigenvalue weighted by molar-refractivity contribution is 0.397. The third kappa shape index (κ3) is 3.28. The fraction of sp³-hybridized carbons (Fsp3) is 0.750. The van der Waals surface area contributed by atoms with Crippen LogP contribution < -0.4 is 5.32 Å². The Kier molecular flexibility index (Phi) is 4.15. The van der Waals surface area contributed by atoms with Crippen molar-refractivity contribution in [2.75, 3.05) is 6.54 Å². The lowest BCUT2D eigenvalue weighted by atomic mass is 10.0. The zero-order chi connectivity index (χ0) is 10.5. The molecule has 1 fully saturated rings. The first-order valence-corrected chi connectivity index (χ1v) is 6.93. The number of nitrogens with one attached hydrogen (secondary N) is 1. The van der Waals surface area contributed by atoms with Crippen LogP contribution in [0, 0.1) is 0 Å². The van der Waals surface area contributed by atoms with Crippen LogP contribution in [0.3, 0.4) is 0 Å². The summed E-state index contributed by atoms with van der Waals surface area (Å²) in [6.07, 6.45) is 7.51. The molecule has 0 amide bonds. The number of rotatable bonds is 4. The zero-order valence-corrected chi connectivity index (χ0v) is 10.3. The van der Waals surface area contributed by atoms with Gasteiger partial charge in [0.05, 0.1) is 10.7 Å². The van der Waals surface area contributed by atoms with Crippen molar-refractivity contribution in [3.63, 3.8) is 0 Å². The molecule has 0 aliphatic carbocycles. The molecule has 84 valence electrons. The summed E-state index contributed by atoms with van der Waals surface area (Å²) in [7, 11) is 0. The fourth-order valence-corrected chi connectivity index (χ4v) is 3.03. The Labute approximate surface area is 96.1 Å². The zero-order valence-electron chi connectivity index (χ0n) is 9.46. The fourth-order valence-electron chi connectivity index (χ4n) is 2.12. The summed E-state index contributed by atoms with van der Waals surface area (Å²) in [6.45, 7) is 3.40. The van der Waals surface area contributed by atoms with Crippen molar-refractivity contribution in [2.45, 2.75) is 51.5 Å². The van der Waals surface area contributed by atoms with Crippen molar-refractivity contribution >= 4 is 11.3 Å². The molecule has 0 bridgehead atoms. The molecule has 15 heavy (non-hydrogen) atoms. The third-order valence-electron chi connectivity index (χ3n) is 2.93. The Morgan fingerprint density at radius 3 is 3.20 bits per heavy atom. The van der Waals surface area contributed by atoms with Crippen LogP contribution in [0.4, 0.5) is 0 Å². The van der Waals surface area contributed by atoms with Crippen LogP contribution in [0.2, 0.25) is 0 Å². The van der Waals surface area contributed by atoms with Crippen molar-refractivity contribution in [1.29, 1.82) is 0 Å². The molecular weight excluding hydrogens is 204 g/mol. The maximum absolute atomic E-state index is 4.67. The van der Waals surface area contributed by atoms with Gasteiger partial charge in [0.25, 0.3) is 0 Å². The molecule has 1 aromatic heterocycles. The van der Waals surface area contributed by atoms with Crippen LogP contribution in [0.5, 0.6) is 0 Å². The number of piperidine rings is 1. The molecule has 3 heteroatoms. The van der Waals surface area contributed by atoms with Crippen molar-refractivity contribution in [3.05, 3.63) is 16.1 Å². The van der Waals surface area contributed by atoms with Gasteiger partial charge < -0.3 is 5.32 Å². The highest BCUT2D eigenvalue weighted by Gasteiger charge is 2.14. The van der Waals surface area contributed by atoms with Gasteiger partial charge in [-0.1, -0.05) is 13.3 Å². The van der Waals surface area contributed by atoms with E-state index >= 15 is 0 Å². The Morgan fingerprint density at radius 2 is 2.47 bits per heavy atom. The van der Waals surface area contributed by atoms with E-state index < -0.39 is 0 Å². The molecule has 0 spiro atoms. The van der Waals surface area contributed by atoms with Gasteiger partial charge in [-0.15, -0.1) is 11.3 Å². The molecule has 1 saturated heterocycles. The monoisotopic (exact) mass is 224 g/mol. The molecule has 1 aromatic rings. The number of nitrogens with zero attached hydrogens (tertiary/aromatic N) is 1. The molecule has 0 saturated carbocycles. The van der Waals surface area contributed by atoms with Gasteiger partial charge in [-0.2, -0.15) is 0 Å². The quantitative estimate of drug-likeness (QED) is 0.850. The first-order chi connectivity index (χ1) is 7.38. The molecule has 1 N–H and O–H groups in total. The number of hydrogen-bond donors (Lipinski definition) is 1. The second kappa shape index (κ2) is 5.61. The Bertz CT molecular complexity index is 290. The van der Waals surface area contributed by atoms with E-state index in [-0.39, 0.29) is 0 Å². The van der Waals surface area contributed by atoms with Gasteiger partial charge in [0.15, 0.2) is 0 Å². The average molecular weight is 224 g/mol. The largest absolute Gasteiger partial charge is 0.314 e. The van der Waals surface area contributed by atoms with Gasteiger partial charge >= 0.3 is 0 Å². The molecule has 1 atom stereocenters. The molecule has 2 rings (SSSR count). The van der Waals surface area contributed by atoms with Crippen LogP contribution >= 0.6 is 11.3 Å². The third-order valence-corrected chi connectivity index (χ3v) is 3.89. The highest BCUT2D eigenvalue weighted by Crippen LogP contribution is 2.16. The average Bonchev–Trinajstić information content (AvgIpc) is 2.68. The number of hydrogen-bond acceptors (Lipinski definition) is 3. The van der Waals surface area contributed by atoms with E-state index in [1.54, 1.807) is 0 Å². The Hall–Kier alpha value is -0.410. The van der Waals surface area contributed by atoms with Crippen molar-refractivity contribution in [3.8, 4) is 0 Å². The predicted molar refractivity (Wildman–Crippen MR) is 65.5 cm³/mol. The van der Waals surface area contributed by atoms with Gasteiger partial charge in [-0.05, 0) is 32.2 Å². The molecule has 1 aliphatic rings. The number of thiazole rings is 1. The first kappa shape index (κ1) is 11.1. The van der Waals surface area contributed by atoms with Gasteiger partial charge in [0, 0.05) is 17.8 Å². The molecule has 0 radical (unpaired) electrons. The summed E-state index contributed by atoms with van der Waals surface area (Å²) in [5.41, 5.74) is 1.29. The Morgan fingerprint density at radius 1 is 1.53 bits per heavy atom. The van der Waals surface area contributed by atoms with Crippen molar-refractivity contribution < 1.29 is 0 Å². The molecule has 1 aliphatic heterocycles. The topological polar surface area (TPSA) is 24.9 Å². The lowest BCUT2D eigenvalue weighted by Gasteiger charge is -2.22. The smallest absolute Gasteiger partial charge is 0.0928 e. The van der Waals surface area contributed by atoms with E-state index in [0.717, 1.165) is 12.8 Å². The summed E-state index contributed by atoms with van der Waals surface area (Å²) < 4.78 is 0. The SMILES string of the molecule is CCCc1nc(CC2CCCCN2)cs1. The highest BCUT2D eigenvalue weighted by atomic mass is 32.1. The van der Waals surface area contributed by atoms with Crippen LogP contribution in [0.1, 0.15) is 43.3 Å². The van der Waals surface area contributed by atoms with Crippen molar-refractivity contribution in [1.82, 2.24) is 10.3 Å². The predicted octanol–water partition coefficient (Wildman–Crippen LogP) is 2.78. The van der Waals surface area contributed by atoms with Gasteiger partial charge in [-0.3, -0.25) is 0 Å². The van der Waals surface area contributed by atoms with Crippen LogP contribution in [-0.2, 0) is 12.8 Å². The number of aryl methyl sites for hydroxylation is 1. The van der Waals surface area contributed by atoms with Gasteiger partial charge in [-0.25, -0.2) is 4.98 Å². The van der Waals surface area contributed by atoms with Gasteiger partial charge in [0.1, 0.15) is 0 Å². The van der Waals surface area contributed by atoms with E-state index in [2.05, 4.69) is 22.6 Å².